The number of nitrogens with zero attached hydrogens (tertiary/aromatic N) is 2. The topological polar surface area (TPSA) is 76.0 Å². The first-order valence-corrected chi connectivity index (χ1v) is 10.1. The molecule has 0 aliphatic carbocycles. The smallest absolute Gasteiger partial charge is 0.321 e. The minimum Gasteiger partial charge on any atom is -0.321 e. The fourth-order valence-corrected chi connectivity index (χ4v) is 3.33. The Morgan fingerprint density at radius 3 is 2.11 bits per heavy atom. The van der Waals surface area contributed by atoms with E-state index in [4.69, 9.17) is 11.6 Å². The molecule has 0 aliphatic rings. The number of amides is 2. The summed E-state index contributed by atoms with van der Waals surface area (Å²) in [7, 11) is 0.565. The van der Waals surface area contributed by atoms with Crippen molar-refractivity contribution in [1.82, 2.24) is 9.78 Å². The van der Waals surface area contributed by atoms with Crippen molar-refractivity contribution in [2.45, 2.75) is 18.3 Å². The number of aryl methyl sites for hydroxylation is 1. The Hall–Kier alpha value is -3.75. The highest BCUT2D eigenvalue weighted by molar-refractivity contribution is 6.34. The number of para-hydroxylation sites is 1. The molecule has 2 amide bonds. The van der Waals surface area contributed by atoms with Crippen LogP contribution in [-0.4, -0.2) is 27.8 Å². The molecule has 1 aromatic heterocycles. The Morgan fingerprint density at radius 1 is 0.919 bits per heavy atom. The second-order valence-corrected chi connectivity index (χ2v) is 7.76. The molecule has 0 bridgehead atoms. The van der Waals surface area contributed by atoms with E-state index in [0.717, 1.165) is 24.3 Å². The number of halogens is 10. The van der Waals surface area contributed by atoms with Crippen molar-refractivity contribution in [2.75, 3.05) is 10.6 Å². The molecule has 0 radical (unpaired) electrons. The van der Waals surface area contributed by atoms with E-state index < -0.39 is 58.5 Å². The highest BCUT2D eigenvalue weighted by Gasteiger charge is 2.64. The molecule has 0 aliphatic heterocycles. The minimum absolute atomic E-state index is 0.0745. The number of alkyl halides is 8. The van der Waals surface area contributed by atoms with Gasteiger partial charge in [0.2, 0.25) is 0 Å². The molecule has 6 nitrogen and oxygen atoms in total. The molecular weight excluding hydrogens is 547 g/mol. The normalized spacial score (nSPS) is 12.4. The Labute approximate surface area is 206 Å². The SMILES string of the molecule is Cn1nc(C(F)(F)C(F)(F)F)c(C(F)(F)F)c1C(=O)Nc1ccc(Cl)c(C(=O)Nc2ccccc2F)c1. The van der Waals surface area contributed by atoms with Crippen LogP contribution in [0.25, 0.3) is 0 Å². The molecule has 3 rings (SSSR count). The lowest BCUT2D eigenvalue weighted by Gasteiger charge is -2.19. The summed E-state index contributed by atoms with van der Waals surface area (Å²) in [4.78, 5) is 25.1. The predicted molar refractivity (Wildman–Crippen MR) is 112 cm³/mol. The first-order valence-electron chi connectivity index (χ1n) is 9.71. The fourth-order valence-electron chi connectivity index (χ4n) is 3.13. The Kier molecular flexibility index (Phi) is 7.23. The van der Waals surface area contributed by atoms with E-state index >= 15 is 0 Å². The highest BCUT2D eigenvalue weighted by atomic mass is 35.5. The predicted octanol–water partition coefficient (Wildman–Crippen LogP) is 6.39. The van der Waals surface area contributed by atoms with Gasteiger partial charge in [-0.05, 0) is 30.3 Å². The van der Waals surface area contributed by atoms with Crippen molar-refractivity contribution in [2.24, 2.45) is 7.05 Å². The van der Waals surface area contributed by atoms with E-state index in [0.29, 0.717) is 7.05 Å². The number of benzene rings is 2. The molecule has 198 valence electrons. The summed E-state index contributed by atoms with van der Waals surface area (Å²) in [6, 6.07) is 7.90. The Morgan fingerprint density at radius 2 is 1.54 bits per heavy atom. The van der Waals surface area contributed by atoms with Crippen LogP contribution in [0.4, 0.5) is 50.9 Å². The highest BCUT2D eigenvalue weighted by Crippen LogP contribution is 2.48. The van der Waals surface area contributed by atoms with Crippen molar-refractivity contribution < 1.29 is 49.1 Å². The van der Waals surface area contributed by atoms with Crippen LogP contribution in [0.2, 0.25) is 5.02 Å². The standard InChI is InChI=1S/C21H12ClF9N4O2/c1-35-15(14(20(26,27)28)16(34-35)19(24,25)21(29,30)31)18(37)32-9-6-7-11(22)10(8-9)17(36)33-13-5-3-2-4-12(13)23/h2-8H,1H3,(H,32,37)(H,33,36). The second-order valence-electron chi connectivity index (χ2n) is 7.35. The van der Waals surface area contributed by atoms with Crippen LogP contribution in [0.1, 0.15) is 32.1 Å². The third-order valence-corrected chi connectivity index (χ3v) is 5.12. The lowest BCUT2D eigenvalue weighted by Crippen LogP contribution is -2.36. The monoisotopic (exact) mass is 558 g/mol. The third-order valence-electron chi connectivity index (χ3n) is 4.79. The maximum absolute atomic E-state index is 13.8. The van der Waals surface area contributed by atoms with Crippen LogP contribution in [0, 0.1) is 5.82 Å². The van der Waals surface area contributed by atoms with Gasteiger partial charge in [0, 0.05) is 12.7 Å². The maximum Gasteiger partial charge on any atom is 0.459 e. The number of anilines is 2. The average molecular weight is 559 g/mol. The maximum atomic E-state index is 13.8. The zero-order valence-corrected chi connectivity index (χ0v) is 18.8. The van der Waals surface area contributed by atoms with E-state index in [1.54, 1.807) is 0 Å². The molecule has 2 N–H and O–H groups in total. The van der Waals surface area contributed by atoms with E-state index in [1.807, 2.05) is 5.32 Å². The van der Waals surface area contributed by atoms with Crippen molar-refractivity contribution in [3.05, 3.63) is 75.8 Å². The molecule has 0 saturated carbocycles. The lowest BCUT2D eigenvalue weighted by molar-refractivity contribution is -0.292. The molecule has 37 heavy (non-hydrogen) atoms. The summed E-state index contributed by atoms with van der Waals surface area (Å²) in [6.45, 7) is 0. The van der Waals surface area contributed by atoms with Crippen LogP contribution in [0.15, 0.2) is 42.5 Å². The molecule has 0 spiro atoms. The van der Waals surface area contributed by atoms with Gasteiger partial charge in [0.05, 0.1) is 16.3 Å². The van der Waals surface area contributed by atoms with Gasteiger partial charge in [-0.2, -0.15) is 40.2 Å². The van der Waals surface area contributed by atoms with Crippen LogP contribution in [0.3, 0.4) is 0 Å². The molecule has 1 heterocycles. The van der Waals surface area contributed by atoms with Crippen molar-refractivity contribution >= 4 is 34.8 Å². The van der Waals surface area contributed by atoms with Gasteiger partial charge in [-0.15, -0.1) is 0 Å². The number of nitrogens with one attached hydrogen (secondary N) is 2. The van der Waals surface area contributed by atoms with E-state index in [-0.39, 0.29) is 21.0 Å². The van der Waals surface area contributed by atoms with Crippen LogP contribution in [0.5, 0.6) is 0 Å². The summed E-state index contributed by atoms with van der Waals surface area (Å²) in [5, 5.41) is 6.47. The number of rotatable bonds is 5. The number of carbonyl (C=O) groups is 2. The average Bonchev–Trinajstić information content (AvgIpc) is 3.14. The van der Waals surface area contributed by atoms with Crippen LogP contribution in [-0.2, 0) is 19.1 Å². The summed E-state index contributed by atoms with van der Waals surface area (Å²) in [6.07, 6.45) is -12.3. The fraction of sp³-hybridized carbons (Fsp3) is 0.190. The van der Waals surface area contributed by atoms with E-state index in [2.05, 4.69) is 10.4 Å². The molecule has 3 aromatic rings. The van der Waals surface area contributed by atoms with E-state index in [9.17, 15) is 49.1 Å². The molecular formula is C21H12ClF9N4O2. The zero-order valence-electron chi connectivity index (χ0n) is 18.0. The third kappa shape index (κ3) is 5.50. The molecule has 2 aromatic carbocycles. The van der Waals surface area contributed by atoms with Crippen LogP contribution >= 0.6 is 11.6 Å². The zero-order chi connectivity index (χ0) is 27.9. The number of hydrogen-bond acceptors (Lipinski definition) is 3. The largest absolute Gasteiger partial charge is 0.459 e. The van der Waals surface area contributed by atoms with Crippen molar-refractivity contribution in [3.8, 4) is 0 Å². The molecule has 0 unspecified atom stereocenters. The number of hydrogen-bond donors (Lipinski definition) is 2. The van der Waals surface area contributed by atoms with Gasteiger partial charge < -0.3 is 10.6 Å². The Balaban J connectivity index is 1.99. The summed E-state index contributed by atoms with van der Waals surface area (Å²) < 4.78 is 120. The minimum atomic E-state index is -6.44. The van der Waals surface area contributed by atoms with Gasteiger partial charge in [0.25, 0.3) is 11.8 Å². The van der Waals surface area contributed by atoms with Gasteiger partial charge in [-0.25, -0.2) is 4.39 Å². The van der Waals surface area contributed by atoms with Gasteiger partial charge in [-0.1, -0.05) is 23.7 Å². The Bertz CT molecular complexity index is 1370. The van der Waals surface area contributed by atoms with Gasteiger partial charge in [0.15, 0.2) is 5.69 Å². The number of aromatic nitrogens is 2. The summed E-state index contributed by atoms with van der Waals surface area (Å²) in [5.74, 6) is -9.60. The second kappa shape index (κ2) is 9.61. The van der Waals surface area contributed by atoms with Gasteiger partial charge in [-0.3, -0.25) is 14.3 Å². The van der Waals surface area contributed by atoms with Crippen molar-refractivity contribution in [3.63, 3.8) is 0 Å². The number of carbonyl (C=O) groups excluding carboxylic acids is 2. The molecule has 0 atom stereocenters. The molecule has 0 fully saturated rings. The summed E-state index contributed by atoms with van der Waals surface area (Å²) >= 11 is 5.94. The van der Waals surface area contributed by atoms with Crippen molar-refractivity contribution in [1.29, 1.82) is 0 Å². The first kappa shape index (κ1) is 27.8. The molecule has 16 heteroatoms. The summed E-state index contributed by atoms with van der Waals surface area (Å²) in [5.41, 5.74) is -7.98. The van der Waals surface area contributed by atoms with Crippen LogP contribution < -0.4 is 10.6 Å². The lowest BCUT2D eigenvalue weighted by atomic mass is 10.1. The van der Waals surface area contributed by atoms with Gasteiger partial charge in [0.1, 0.15) is 17.1 Å². The van der Waals surface area contributed by atoms with E-state index in [1.165, 1.54) is 18.2 Å². The quantitative estimate of drug-likeness (QED) is 0.356. The van der Waals surface area contributed by atoms with Gasteiger partial charge >= 0.3 is 18.3 Å². The molecule has 0 saturated heterocycles. The first-order chi connectivity index (χ1) is 16.9.